The second kappa shape index (κ2) is 9.77. The highest BCUT2D eigenvalue weighted by atomic mass is 35.5. The molecule has 1 saturated heterocycles. The molecule has 8 heteroatoms. The number of carbonyl (C=O) groups excluding carboxylic acids is 1. The average molecular weight is 470 g/mol. The maximum Gasteiger partial charge on any atom is 0.269 e. The Kier molecular flexibility index (Phi) is 6.84. The molecule has 166 valence electrons. The lowest BCUT2D eigenvalue weighted by molar-refractivity contribution is 0.0996. The van der Waals surface area contributed by atoms with Gasteiger partial charge in [-0.25, -0.2) is 4.98 Å². The van der Waals surface area contributed by atoms with Crippen molar-refractivity contribution in [3.8, 4) is 0 Å². The third-order valence-electron chi connectivity index (χ3n) is 5.64. The summed E-state index contributed by atoms with van der Waals surface area (Å²) in [6.07, 6.45) is 2.11. The highest BCUT2D eigenvalue weighted by Gasteiger charge is 2.16. The molecular formula is C24H25Cl2N5O. The first kappa shape index (κ1) is 22.4. The fraction of sp³-hybridized carbons (Fsp3) is 0.250. The summed E-state index contributed by atoms with van der Waals surface area (Å²) in [5.41, 5.74) is 9.99. The van der Waals surface area contributed by atoms with Crippen LogP contribution >= 0.6 is 23.2 Å². The van der Waals surface area contributed by atoms with E-state index in [0.29, 0.717) is 22.2 Å². The van der Waals surface area contributed by atoms with Gasteiger partial charge in [0.15, 0.2) is 5.69 Å². The van der Waals surface area contributed by atoms with Crippen LogP contribution in [0.5, 0.6) is 0 Å². The molecule has 0 spiro atoms. The van der Waals surface area contributed by atoms with Gasteiger partial charge in [-0.3, -0.25) is 4.79 Å². The Hall–Kier alpha value is -2.80. The van der Waals surface area contributed by atoms with Crippen molar-refractivity contribution < 1.29 is 4.79 Å². The molecule has 2 heterocycles. The van der Waals surface area contributed by atoms with Crippen LogP contribution in [-0.4, -0.2) is 49.0 Å². The zero-order chi connectivity index (χ0) is 22.7. The number of piperazine rings is 1. The number of amides is 1. The third kappa shape index (κ3) is 5.15. The molecule has 0 radical (unpaired) electrons. The van der Waals surface area contributed by atoms with Gasteiger partial charge in [-0.15, -0.1) is 0 Å². The molecule has 1 aliphatic heterocycles. The van der Waals surface area contributed by atoms with Crippen LogP contribution < -0.4 is 16.0 Å². The molecule has 6 nitrogen and oxygen atoms in total. The van der Waals surface area contributed by atoms with Crippen molar-refractivity contribution in [3.05, 3.63) is 81.6 Å². The summed E-state index contributed by atoms with van der Waals surface area (Å²) in [6.45, 7) is 4.11. The van der Waals surface area contributed by atoms with Crippen LogP contribution in [0.3, 0.4) is 0 Å². The van der Waals surface area contributed by atoms with Gasteiger partial charge < -0.3 is 20.9 Å². The largest absolute Gasteiger partial charge is 0.369 e. The number of benzene rings is 2. The number of primary amides is 1. The van der Waals surface area contributed by atoms with Crippen molar-refractivity contribution in [1.82, 2.24) is 9.88 Å². The molecule has 0 unspecified atom stereocenters. The van der Waals surface area contributed by atoms with Crippen LogP contribution in [0.2, 0.25) is 10.0 Å². The van der Waals surface area contributed by atoms with Crippen molar-refractivity contribution in [2.45, 2.75) is 6.42 Å². The monoisotopic (exact) mass is 469 g/mol. The SMILES string of the molecule is CN1CCN(c2ccc(Nc3cc(Cc4c(Cl)cccc4Cl)cnc3C(N)=O)cc2)CC1. The Labute approximate surface area is 197 Å². The lowest BCUT2D eigenvalue weighted by atomic mass is 10.1. The Morgan fingerprint density at radius 3 is 2.34 bits per heavy atom. The van der Waals surface area contributed by atoms with Crippen LogP contribution in [0.15, 0.2) is 54.7 Å². The third-order valence-corrected chi connectivity index (χ3v) is 6.34. The molecule has 1 fully saturated rings. The number of pyridine rings is 1. The normalized spacial score (nSPS) is 14.4. The first-order chi connectivity index (χ1) is 15.4. The first-order valence-electron chi connectivity index (χ1n) is 10.4. The number of likely N-dealkylation sites (N-methyl/N-ethyl adjacent to an activating group) is 1. The van der Waals surface area contributed by atoms with E-state index in [4.69, 9.17) is 28.9 Å². The van der Waals surface area contributed by atoms with Crippen LogP contribution in [0.25, 0.3) is 0 Å². The quantitative estimate of drug-likeness (QED) is 0.552. The molecule has 3 aromatic rings. The zero-order valence-corrected chi connectivity index (χ0v) is 19.3. The minimum Gasteiger partial charge on any atom is -0.369 e. The average Bonchev–Trinajstić information content (AvgIpc) is 2.77. The number of nitrogens with two attached hydrogens (primary N) is 1. The topological polar surface area (TPSA) is 74.5 Å². The number of rotatable bonds is 6. The summed E-state index contributed by atoms with van der Waals surface area (Å²) in [7, 11) is 2.14. The standard InChI is InChI=1S/C24H25Cl2N5O/c1-30-9-11-31(12-10-30)18-7-5-17(6-8-18)29-22-14-16(15-28-23(22)24(27)32)13-19-20(25)3-2-4-21(19)26/h2-8,14-15,29H,9-13H2,1H3,(H2,27,32). The summed E-state index contributed by atoms with van der Waals surface area (Å²) in [6, 6.07) is 15.4. The van der Waals surface area contributed by atoms with Gasteiger partial charge in [0.2, 0.25) is 0 Å². The van der Waals surface area contributed by atoms with E-state index in [1.54, 1.807) is 24.4 Å². The summed E-state index contributed by atoms with van der Waals surface area (Å²) < 4.78 is 0. The summed E-state index contributed by atoms with van der Waals surface area (Å²) >= 11 is 12.6. The molecular weight excluding hydrogens is 445 g/mol. The molecule has 0 aliphatic carbocycles. The van der Waals surface area contributed by atoms with Crippen LogP contribution in [0.4, 0.5) is 17.1 Å². The van der Waals surface area contributed by atoms with Crippen molar-refractivity contribution in [1.29, 1.82) is 0 Å². The van der Waals surface area contributed by atoms with Crippen molar-refractivity contribution in [3.63, 3.8) is 0 Å². The lowest BCUT2D eigenvalue weighted by Crippen LogP contribution is -2.44. The number of halogens is 2. The van der Waals surface area contributed by atoms with E-state index in [9.17, 15) is 4.79 Å². The van der Waals surface area contributed by atoms with Crippen LogP contribution in [-0.2, 0) is 6.42 Å². The van der Waals surface area contributed by atoms with Crippen LogP contribution in [0.1, 0.15) is 21.6 Å². The Bertz CT molecular complexity index is 1090. The van der Waals surface area contributed by atoms with E-state index in [2.05, 4.69) is 39.3 Å². The van der Waals surface area contributed by atoms with Gasteiger partial charge in [0.1, 0.15) is 0 Å². The molecule has 0 saturated carbocycles. The van der Waals surface area contributed by atoms with Crippen molar-refractivity contribution in [2.24, 2.45) is 5.73 Å². The zero-order valence-electron chi connectivity index (χ0n) is 17.8. The predicted octanol–water partition coefficient (Wildman–Crippen LogP) is 4.57. The molecule has 1 amide bonds. The van der Waals surface area contributed by atoms with Crippen molar-refractivity contribution >= 4 is 46.2 Å². The van der Waals surface area contributed by atoms with E-state index in [0.717, 1.165) is 43.0 Å². The number of anilines is 3. The smallest absolute Gasteiger partial charge is 0.269 e. The maximum atomic E-state index is 11.9. The van der Waals surface area contributed by atoms with Gasteiger partial charge >= 0.3 is 0 Å². The highest BCUT2D eigenvalue weighted by molar-refractivity contribution is 6.36. The molecule has 3 N–H and O–H groups in total. The lowest BCUT2D eigenvalue weighted by Gasteiger charge is -2.34. The molecule has 4 rings (SSSR count). The second-order valence-corrected chi connectivity index (χ2v) is 8.76. The van der Waals surface area contributed by atoms with E-state index in [1.165, 1.54) is 5.69 Å². The number of hydrogen-bond donors (Lipinski definition) is 2. The molecule has 0 atom stereocenters. The van der Waals surface area contributed by atoms with Gasteiger partial charge in [0, 0.05) is 60.2 Å². The Morgan fingerprint density at radius 2 is 1.72 bits per heavy atom. The minimum absolute atomic E-state index is 0.183. The molecule has 2 aromatic carbocycles. The van der Waals surface area contributed by atoms with E-state index >= 15 is 0 Å². The first-order valence-corrected chi connectivity index (χ1v) is 11.2. The van der Waals surface area contributed by atoms with Crippen molar-refractivity contribution in [2.75, 3.05) is 43.4 Å². The molecule has 32 heavy (non-hydrogen) atoms. The number of nitrogens with zero attached hydrogens (tertiary/aromatic N) is 3. The summed E-state index contributed by atoms with van der Waals surface area (Å²) in [5, 5.41) is 4.47. The maximum absolute atomic E-state index is 11.9. The summed E-state index contributed by atoms with van der Waals surface area (Å²) in [4.78, 5) is 20.9. The number of aromatic nitrogens is 1. The molecule has 1 aliphatic rings. The van der Waals surface area contributed by atoms with Gasteiger partial charge in [-0.05, 0) is 60.6 Å². The number of carbonyl (C=O) groups is 1. The molecule has 1 aromatic heterocycles. The van der Waals surface area contributed by atoms with Crippen LogP contribution in [0, 0.1) is 0 Å². The minimum atomic E-state index is -0.594. The molecule has 0 bridgehead atoms. The second-order valence-electron chi connectivity index (χ2n) is 7.94. The predicted molar refractivity (Wildman–Crippen MR) is 131 cm³/mol. The van der Waals surface area contributed by atoms with Gasteiger partial charge in [-0.1, -0.05) is 29.3 Å². The fourth-order valence-corrected chi connectivity index (χ4v) is 4.31. The number of hydrogen-bond acceptors (Lipinski definition) is 5. The van der Waals surface area contributed by atoms with E-state index in [1.807, 2.05) is 18.2 Å². The van der Waals surface area contributed by atoms with E-state index in [-0.39, 0.29) is 5.69 Å². The van der Waals surface area contributed by atoms with Gasteiger partial charge in [0.25, 0.3) is 5.91 Å². The number of nitrogens with one attached hydrogen (secondary N) is 1. The van der Waals surface area contributed by atoms with E-state index < -0.39 is 5.91 Å². The van der Waals surface area contributed by atoms with Gasteiger partial charge in [0.05, 0.1) is 5.69 Å². The fourth-order valence-electron chi connectivity index (χ4n) is 3.78. The Morgan fingerprint density at radius 1 is 1.06 bits per heavy atom. The Balaban J connectivity index is 1.55. The highest BCUT2D eigenvalue weighted by Crippen LogP contribution is 2.29. The summed E-state index contributed by atoms with van der Waals surface area (Å²) in [5.74, 6) is -0.594. The van der Waals surface area contributed by atoms with Gasteiger partial charge in [-0.2, -0.15) is 0 Å².